The second-order valence-corrected chi connectivity index (χ2v) is 1.84. The number of carbonyl (C=O) groups excluding carboxylic acids is 1. The second kappa shape index (κ2) is 10.5. The van der Waals surface area contributed by atoms with Crippen molar-refractivity contribution in [2.24, 2.45) is 0 Å². The molecule has 0 aliphatic carbocycles. The molecule has 0 amide bonds. The van der Waals surface area contributed by atoms with Crippen molar-refractivity contribution in [3.8, 4) is 5.40 Å². The SMILES string of the molecule is CC.CC(=O)CSC#N. The number of thioether (sulfide) groups is 1. The van der Waals surface area contributed by atoms with Crippen LogP contribution in [0.1, 0.15) is 20.8 Å². The van der Waals surface area contributed by atoms with Crippen molar-refractivity contribution in [3.05, 3.63) is 0 Å². The number of Topliss-reactive ketones (excluding diaryl/α,β-unsaturated/α-hetero) is 1. The van der Waals surface area contributed by atoms with Crippen LogP contribution in [-0.2, 0) is 4.79 Å². The van der Waals surface area contributed by atoms with Crippen molar-refractivity contribution in [3.63, 3.8) is 0 Å². The Morgan fingerprint density at radius 1 is 1.67 bits per heavy atom. The smallest absolute Gasteiger partial charge is 0.140 e. The Bertz CT molecular complexity index is 106. The molecule has 0 fully saturated rings. The number of ketones is 1. The van der Waals surface area contributed by atoms with E-state index in [1.54, 1.807) is 5.40 Å². The highest BCUT2D eigenvalue weighted by atomic mass is 32.2. The molecule has 9 heavy (non-hydrogen) atoms. The third kappa shape index (κ3) is 18.5. The van der Waals surface area contributed by atoms with Crippen LogP contribution in [0.4, 0.5) is 0 Å². The summed E-state index contributed by atoms with van der Waals surface area (Å²) in [6.45, 7) is 5.46. The predicted molar refractivity (Wildman–Crippen MR) is 40.1 cm³/mol. The summed E-state index contributed by atoms with van der Waals surface area (Å²) in [5.74, 6) is 0.364. The first-order valence-corrected chi connectivity index (χ1v) is 3.76. The molecule has 0 aliphatic heterocycles. The fraction of sp³-hybridized carbons (Fsp3) is 0.667. The number of nitrogens with zero attached hydrogens (tertiary/aromatic N) is 1. The summed E-state index contributed by atoms with van der Waals surface area (Å²) < 4.78 is 0. The molecule has 3 heteroatoms. The van der Waals surface area contributed by atoms with Crippen molar-refractivity contribution in [2.45, 2.75) is 20.8 Å². The van der Waals surface area contributed by atoms with Gasteiger partial charge in [0.2, 0.25) is 0 Å². The first-order chi connectivity index (χ1) is 4.27. The number of rotatable bonds is 2. The largest absolute Gasteiger partial charge is 0.299 e. The lowest BCUT2D eigenvalue weighted by molar-refractivity contribution is -0.114. The van der Waals surface area contributed by atoms with Gasteiger partial charge in [-0.1, -0.05) is 13.8 Å². The van der Waals surface area contributed by atoms with Gasteiger partial charge in [-0.15, -0.1) is 0 Å². The zero-order chi connectivity index (χ0) is 7.70. The van der Waals surface area contributed by atoms with Gasteiger partial charge in [-0.3, -0.25) is 4.79 Å². The van der Waals surface area contributed by atoms with Gasteiger partial charge >= 0.3 is 0 Å². The van der Waals surface area contributed by atoms with Gasteiger partial charge in [0.05, 0.1) is 5.75 Å². The number of nitriles is 1. The first-order valence-electron chi connectivity index (χ1n) is 2.77. The maximum absolute atomic E-state index is 10.0. The third-order valence-electron chi connectivity index (χ3n) is 0.340. The van der Waals surface area contributed by atoms with E-state index in [-0.39, 0.29) is 5.78 Å². The molecule has 0 saturated carbocycles. The van der Waals surface area contributed by atoms with E-state index in [2.05, 4.69) is 0 Å². The Morgan fingerprint density at radius 3 is 2.22 bits per heavy atom. The molecule has 0 aromatic rings. The molecule has 0 rings (SSSR count). The molecule has 0 radical (unpaired) electrons. The summed E-state index contributed by atoms with van der Waals surface area (Å²) in [6.07, 6.45) is 0. The normalized spacial score (nSPS) is 6.44. The summed E-state index contributed by atoms with van der Waals surface area (Å²) in [5, 5.41) is 9.67. The minimum Gasteiger partial charge on any atom is -0.299 e. The Labute approximate surface area is 60.2 Å². The Balaban J connectivity index is 0. The molecule has 0 bridgehead atoms. The van der Waals surface area contributed by atoms with E-state index >= 15 is 0 Å². The van der Waals surface area contributed by atoms with Crippen molar-refractivity contribution in [2.75, 3.05) is 5.75 Å². The van der Waals surface area contributed by atoms with E-state index in [4.69, 9.17) is 5.26 Å². The molecular formula is C6H11NOS. The lowest BCUT2D eigenvalue weighted by Gasteiger charge is -1.78. The molecule has 0 aromatic carbocycles. The Hall–Kier alpha value is -0.490. The van der Waals surface area contributed by atoms with E-state index in [0.717, 1.165) is 11.8 Å². The molecule has 52 valence electrons. The van der Waals surface area contributed by atoms with Gasteiger partial charge in [-0.2, -0.15) is 5.26 Å². The number of hydrogen-bond acceptors (Lipinski definition) is 3. The zero-order valence-corrected chi connectivity index (χ0v) is 6.79. The fourth-order valence-electron chi connectivity index (χ4n) is 0.134. The quantitative estimate of drug-likeness (QED) is 0.556. The van der Waals surface area contributed by atoms with Crippen LogP contribution in [0.5, 0.6) is 0 Å². The van der Waals surface area contributed by atoms with Gasteiger partial charge in [0.25, 0.3) is 0 Å². The van der Waals surface area contributed by atoms with Crippen LogP contribution in [0.3, 0.4) is 0 Å². The summed E-state index contributed by atoms with van der Waals surface area (Å²) in [5.41, 5.74) is 0. The van der Waals surface area contributed by atoms with E-state index in [1.165, 1.54) is 6.92 Å². The summed E-state index contributed by atoms with van der Waals surface area (Å²) in [4.78, 5) is 10.0. The predicted octanol–water partition coefficient (Wildman–Crippen LogP) is 1.82. The molecule has 0 aromatic heterocycles. The highest BCUT2D eigenvalue weighted by Gasteiger charge is 1.88. The van der Waals surface area contributed by atoms with Gasteiger partial charge in [0, 0.05) is 0 Å². The summed E-state index contributed by atoms with van der Waals surface area (Å²) in [7, 11) is 0. The van der Waals surface area contributed by atoms with E-state index in [0.29, 0.717) is 5.75 Å². The molecule has 0 atom stereocenters. The summed E-state index contributed by atoms with van der Waals surface area (Å²) >= 11 is 0.972. The van der Waals surface area contributed by atoms with Crippen LogP contribution in [-0.4, -0.2) is 11.5 Å². The van der Waals surface area contributed by atoms with Crippen molar-refractivity contribution in [1.82, 2.24) is 0 Å². The van der Waals surface area contributed by atoms with Crippen LogP contribution >= 0.6 is 11.8 Å². The van der Waals surface area contributed by atoms with E-state index < -0.39 is 0 Å². The minimum absolute atomic E-state index is 0.0477. The summed E-state index contributed by atoms with van der Waals surface area (Å²) in [6, 6.07) is 0. The average molecular weight is 145 g/mol. The van der Waals surface area contributed by atoms with Gasteiger partial charge in [-0.05, 0) is 18.7 Å². The van der Waals surface area contributed by atoms with Crippen LogP contribution in [0.2, 0.25) is 0 Å². The highest BCUT2D eigenvalue weighted by molar-refractivity contribution is 8.04. The van der Waals surface area contributed by atoms with Crippen LogP contribution in [0, 0.1) is 10.7 Å². The molecule has 0 saturated heterocycles. The highest BCUT2D eigenvalue weighted by Crippen LogP contribution is 1.93. The van der Waals surface area contributed by atoms with Gasteiger partial charge < -0.3 is 0 Å². The standard InChI is InChI=1S/C4H5NOS.C2H6/c1-4(6)2-7-3-5;1-2/h2H2,1H3;1-2H3. The maximum atomic E-state index is 10.0. The number of thiocyanates is 1. The molecule has 0 heterocycles. The monoisotopic (exact) mass is 145 g/mol. The third-order valence-corrected chi connectivity index (χ3v) is 1.02. The molecule has 0 aliphatic rings. The fourth-order valence-corrected chi connectivity index (χ4v) is 0.402. The van der Waals surface area contributed by atoms with Crippen molar-refractivity contribution >= 4 is 17.5 Å². The molecule has 0 unspecified atom stereocenters. The van der Waals surface area contributed by atoms with Crippen LogP contribution in [0.25, 0.3) is 0 Å². The van der Waals surface area contributed by atoms with E-state index in [9.17, 15) is 4.79 Å². The zero-order valence-electron chi connectivity index (χ0n) is 5.97. The molecule has 2 nitrogen and oxygen atoms in total. The topological polar surface area (TPSA) is 40.9 Å². The van der Waals surface area contributed by atoms with Crippen molar-refractivity contribution in [1.29, 1.82) is 5.26 Å². The van der Waals surface area contributed by atoms with Crippen molar-refractivity contribution < 1.29 is 4.79 Å². The Kier molecular flexibility index (Phi) is 13.2. The maximum Gasteiger partial charge on any atom is 0.140 e. The Morgan fingerprint density at radius 2 is 2.11 bits per heavy atom. The van der Waals surface area contributed by atoms with Crippen LogP contribution in [0.15, 0.2) is 0 Å². The first kappa shape index (κ1) is 11.3. The molecule has 0 spiro atoms. The second-order valence-electron chi connectivity index (χ2n) is 1.08. The number of carbonyl (C=O) groups is 1. The van der Waals surface area contributed by atoms with Crippen LogP contribution < -0.4 is 0 Å². The minimum atomic E-state index is 0.0477. The molecular weight excluding hydrogens is 134 g/mol. The lowest BCUT2D eigenvalue weighted by Crippen LogP contribution is -1.90. The van der Waals surface area contributed by atoms with E-state index in [1.807, 2.05) is 13.8 Å². The molecule has 0 N–H and O–H groups in total. The van der Waals surface area contributed by atoms with Gasteiger partial charge in [0.15, 0.2) is 0 Å². The average Bonchev–Trinajstić information content (AvgIpc) is 1.88. The lowest BCUT2D eigenvalue weighted by atomic mass is 10.5. The number of hydrogen-bond donors (Lipinski definition) is 0. The van der Waals surface area contributed by atoms with Gasteiger partial charge in [-0.25, -0.2) is 0 Å². The van der Waals surface area contributed by atoms with Gasteiger partial charge in [0.1, 0.15) is 11.2 Å².